The first-order valence-electron chi connectivity index (χ1n) is 6.56. The van der Waals surface area contributed by atoms with Crippen molar-refractivity contribution in [2.45, 2.75) is 31.8 Å². The topological polar surface area (TPSA) is 33.1 Å². The number of halogens is 1. The predicted molar refractivity (Wildman–Crippen MR) is 78.2 cm³/mol. The lowest BCUT2D eigenvalue weighted by Crippen LogP contribution is -2.27. The number of aliphatic hydroxyl groups is 1. The van der Waals surface area contributed by atoms with Gasteiger partial charge in [-0.05, 0) is 41.8 Å². The van der Waals surface area contributed by atoms with Crippen LogP contribution in [0.3, 0.4) is 0 Å². The van der Waals surface area contributed by atoms with Gasteiger partial charge in [0.2, 0.25) is 0 Å². The van der Waals surface area contributed by atoms with Gasteiger partial charge < -0.3 is 5.11 Å². The minimum Gasteiger partial charge on any atom is -0.380 e. The molecule has 19 heavy (non-hydrogen) atoms. The normalized spacial score (nSPS) is 14.1. The first kappa shape index (κ1) is 14.0. The van der Waals surface area contributed by atoms with Gasteiger partial charge in [0.1, 0.15) is 5.60 Å². The Balaban J connectivity index is 2.42. The number of pyridine rings is 1. The Hall–Kier alpha value is -1.38. The van der Waals surface area contributed by atoms with E-state index in [9.17, 15) is 5.11 Å². The predicted octanol–water partition coefficient (Wildman–Crippen LogP) is 4.16. The zero-order valence-corrected chi connectivity index (χ0v) is 11.8. The lowest BCUT2D eigenvalue weighted by atomic mass is 9.83. The SMILES string of the molecule is CCCCC(O)(c1ccncc1)c1ccc(Cl)cc1. The Bertz CT molecular complexity index is 512. The Kier molecular flexibility index (Phi) is 4.56. The molecule has 0 amide bonds. The summed E-state index contributed by atoms with van der Waals surface area (Å²) in [6.07, 6.45) is 6.11. The maximum absolute atomic E-state index is 11.1. The molecule has 1 aromatic carbocycles. The van der Waals surface area contributed by atoms with E-state index in [0.29, 0.717) is 11.4 Å². The molecule has 2 aromatic rings. The second-order valence-electron chi connectivity index (χ2n) is 4.71. The van der Waals surface area contributed by atoms with Crippen molar-refractivity contribution in [1.29, 1.82) is 0 Å². The van der Waals surface area contributed by atoms with Crippen molar-refractivity contribution >= 4 is 11.6 Å². The van der Waals surface area contributed by atoms with Crippen LogP contribution in [-0.2, 0) is 5.60 Å². The van der Waals surface area contributed by atoms with Crippen molar-refractivity contribution in [3.63, 3.8) is 0 Å². The van der Waals surface area contributed by atoms with Crippen LogP contribution in [0, 0.1) is 0 Å². The van der Waals surface area contributed by atoms with Gasteiger partial charge in [-0.25, -0.2) is 0 Å². The molecule has 0 fully saturated rings. The molecule has 0 spiro atoms. The van der Waals surface area contributed by atoms with Gasteiger partial charge in [0.25, 0.3) is 0 Å². The molecule has 1 atom stereocenters. The third-order valence-electron chi connectivity index (χ3n) is 3.37. The van der Waals surface area contributed by atoms with Crippen LogP contribution in [0.5, 0.6) is 0 Å². The fourth-order valence-electron chi connectivity index (χ4n) is 2.24. The smallest absolute Gasteiger partial charge is 0.115 e. The van der Waals surface area contributed by atoms with Gasteiger partial charge in [-0.3, -0.25) is 4.98 Å². The molecule has 0 aliphatic carbocycles. The van der Waals surface area contributed by atoms with E-state index in [1.807, 2.05) is 36.4 Å². The quantitative estimate of drug-likeness (QED) is 0.889. The second kappa shape index (κ2) is 6.18. The van der Waals surface area contributed by atoms with Crippen molar-refractivity contribution in [3.8, 4) is 0 Å². The summed E-state index contributed by atoms with van der Waals surface area (Å²) < 4.78 is 0. The Labute approximate surface area is 119 Å². The van der Waals surface area contributed by atoms with Gasteiger partial charge >= 0.3 is 0 Å². The fraction of sp³-hybridized carbons (Fsp3) is 0.312. The van der Waals surface area contributed by atoms with Crippen LogP contribution in [-0.4, -0.2) is 10.1 Å². The summed E-state index contributed by atoms with van der Waals surface area (Å²) in [7, 11) is 0. The van der Waals surface area contributed by atoms with Crippen LogP contribution in [0.1, 0.15) is 37.3 Å². The third kappa shape index (κ3) is 3.14. The molecular weight excluding hydrogens is 258 g/mol. The maximum atomic E-state index is 11.1. The van der Waals surface area contributed by atoms with Gasteiger partial charge in [-0.15, -0.1) is 0 Å². The molecular formula is C16H18ClNO. The summed E-state index contributed by atoms with van der Waals surface area (Å²) in [6.45, 7) is 2.12. The van der Waals surface area contributed by atoms with Gasteiger partial charge in [0.15, 0.2) is 0 Å². The zero-order valence-electron chi connectivity index (χ0n) is 11.0. The molecule has 0 bridgehead atoms. The van der Waals surface area contributed by atoms with E-state index in [-0.39, 0.29) is 0 Å². The minimum atomic E-state index is -0.969. The zero-order chi connectivity index (χ0) is 13.7. The van der Waals surface area contributed by atoms with Gasteiger partial charge in [-0.1, -0.05) is 43.5 Å². The molecule has 1 aromatic heterocycles. The summed E-state index contributed by atoms with van der Waals surface area (Å²) in [4.78, 5) is 4.01. The first-order valence-corrected chi connectivity index (χ1v) is 6.93. The molecule has 0 aliphatic heterocycles. The number of benzene rings is 1. The molecule has 1 heterocycles. The highest BCUT2D eigenvalue weighted by Gasteiger charge is 2.30. The third-order valence-corrected chi connectivity index (χ3v) is 3.62. The second-order valence-corrected chi connectivity index (χ2v) is 5.14. The number of aromatic nitrogens is 1. The highest BCUT2D eigenvalue weighted by Crippen LogP contribution is 2.34. The number of nitrogens with zero attached hydrogens (tertiary/aromatic N) is 1. The van der Waals surface area contributed by atoms with E-state index < -0.39 is 5.60 Å². The molecule has 3 heteroatoms. The Morgan fingerprint density at radius 2 is 1.63 bits per heavy atom. The number of rotatable bonds is 5. The molecule has 0 radical (unpaired) electrons. The van der Waals surface area contributed by atoms with Crippen LogP contribution in [0.25, 0.3) is 0 Å². The van der Waals surface area contributed by atoms with E-state index in [1.54, 1.807) is 12.4 Å². The molecule has 1 N–H and O–H groups in total. The van der Waals surface area contributed by atoms with E-state index in [1.165, 1.54) is 0 Å². The highest BCUT2D eigenvalue weighted by molar-refractivity contribution is 6.30. The molecule has 2 nitrogen and oxygen atoms in total. The summed E-state index contributed by atoms with van der Waals surface area (Å²) in [5.74, 6) is 0. The van der Waals surface area contributed by atoms with Crippen LogP contribution in [0.4, 0.5) is 0 Å². The van der Waals surface area contributed by atoms with Crippen molar-refractivity contribution in [2.75, 3.05) is 0 Å². The minimum absolute atomic E-state index is 0.677. The van der Waals surface area contributed by atoms with Crippen molar-refractivity contribution in [1.82, 2.24) is 4.98 Å². The molecule has 1 unspecified atom stereocenters. The average Bonchev–Trinajstić information content (AvgIpc) is 2.46. The molecule has 100 valence electrons. The van der Waals surface area contributed by atoms with Crippen LogP contribution >= 0.6 is 11.6 Å². The molecule has 2 rings (SSSR count). The number of unbranched alkanes of at least 4 members (excludes halogenated alkanes) is 1. The Morgan fingerprint density at radius 3 is 2.21 bits per heavy atom. The van der Waals surface area contributed by atoms with Crippen LogP contribution < -0.4 is 0 Å². The van der Waals surface area contributed by atoms with Gasteiger partial charge in [-0.2, -0.15) is 0 Å². The van der Waals surface area contributed by atoms with Crippen LogP contribution in [0.15, 0.2) is 48.8 Å². The molecule has 0 saturated heterocycles. The first-order chi connectivity index (χ1) is 9.16. The van der Waals surface area contributed by atoms with Crippen LogP contribution in [0.2, 0.25) is 5.02 Å². The molecule has 0 saturated carbocycles. The monoisotopic (exact) mass is 275 g/mol. The standard InChI is InChI=1S/C16H18ClNO/c1-2-3-10-16(19,14-8-11-18-12-9-14)13-4-6-15(17)7-5-13/h4-9,11-12,19H,2-3,10H2,1H3. The average molecular weight is 276 g/mol. The van der Waals surface area contributed by atoms with E-state index in [4.69, 9.17) is 11.6 Å². The van der Waals surface area contributed by atoms with Crippen molar-refractivity contribution in [2.24, 2.45) is 0 Å². The van der Waals surface area contributed by atoms with E-state index >= 15 is 0 Å². The van der Waals surface area contributed by atoms with E-state index in [2.05, 4.69) is 11.9 Å². The largest absolute Gasteiger partial charge is 0.380 e. The van der Waals surface area contributed by atoms with Crippen molar-refractivity contribution < 1.29 is 5.11 Å². The lowest BCUT2D eigenvalue weighted by molar-refractivity contribution is 0.0684. The van der Waals surface area contributed by atoms with Gasteiger partial charge in [0.05, 0.1) is 0 Å². The number of hydrogen-bond acceptors (Lipinski definition) is 2. The van der Waals surface area contributed by atoms with Crippen molar-refractivity contribution in [3.05, 3.63) is 64.9 Å². The summed E-state index contributed by atoms with van der Waals surface area (Å²) >= 11 is 5.92. The lowest BCUT2D eigenvalue weighted by Gasteiger charge is -2.29. The highest BCUT2D eigenvalue weighted by atomic mass is 35.5. The fourth-order valence-corrected chi connectivity index (χ4v) is 2.37. The van der Waals surface area contributed by atoms with E-state index in [0.717, 1.165) is 24.0 Å². The maximum Gasteiger partial charge on any atom is 0.115 e. The van der Waals surface area contributed by atoms with Gasteiger partial charge in [0, 0.05) is 17.4 Å². The number of hydrogen-bond donors (Lipinski definition) is 1. The summed E-state index contributed by atoms with van der Waals surface area (Å²) in [6, 6.07) is 11.1. The Morgan fingerprint density at radius 1 is 1.05 bits per heavy atom. The summed E-state index contributed by atoms with van der Waals surface area (Å²) in [5, 5.41) is 11.8. The summed E-state index contributed by atoms with van der Waals surface area (Å²) in [5.41, 5.74) is 0.776. The molecule has 0 aliphatic rings.